The summed E-state index contributed by atoms with van der Waals surface area (Å²) in [6, 6.07) is 7.99. The number of thiophene rings is 1. The van der Waals surface area contributed by atoms with Crippen LogP contribution in [-0.2, 0) is 0 Å². The van der Waals surface area contributed by atoms with Crippen LogP contribution in [0.1, 0.15) is 22.5 Å². The van der Waals surface area contributed by atoms with E-state index in [2.05, 4.69) is 15.9 Å². The van der Waals surface area contributed by atoms with Gasteiger partial charge in [-0.15, -0.1) is 11.3 Å². The number of aliphatic hydroxyl groups is 1. The highest BCUT2D eigenvalue weighted by Gasteiger charge is 2.24. The number of rotatable bonds is 4. The number of nitrogens with two attached hydrogens (primary N) is 1. The third-order valence-corrected chi connectivity index (χ3v) is 4.79. The molecule has 2 atom stereocenters. The fraction of sp³-hybridized carbons (Fsp3) is 0.231. The van der Waals surface area contributed by atoms with Crippen LogP contribution in [0.5, 0.6) is 0 Å². The largest absolute Gasteiger partial charge is 0.387 e. The van der Waals surface area contributed by atoms with Gasteiger partial charge in [0.2, 0.25) is 0 Å². The number of hydrogen-bond acceptors (Lipinski definition) is 3. The SMILES string of the molecule is NCC(c1ccc(F)cc1)C(O)c1sccc1Br. The molecule has 1 aromatic heterocycles. The second kappa shape index (κ2) is 5.93. The second-order valence-corrected chi connectivity index (χ2v) is 5.77. The minimum atomic E-state index is -0.685. The zero-order valence-electron chi connectivity index (χ0n) is 9.51. The van der Waals surface area contributed by atoms with Crippen molar-refractivity contribution in [2.75, 3.05) is 6.54 Å². The molecule has 2 nitrogen and oxygen atoms in total. The average molecular weight is 330 g/mol. The third-order valence-electron chi connectivity index (χ3n) is 2.85. The van der Waals surface area contributed by atoms with Crippen LogP contribution in [0, 0.1) is 5.82 Å². The molecule has 0 aliphatic heterocycles. The summed E-state index contributed by atoms with van der Waals surface area (Å²) in [7, 11) is 0. The van der Waals surface area contributed by atoms with E-state index in [9.17, 15) is 9.50 Å². The van der Waals surface area contributed by atoms with Crippen LogP contribution in [0.3, 0.4) is 0 Å². The first kappa shape index (κ1) is 13.7. The topological polar surface area (TPSA) is 46.2 Å². The van der Waals surface area contributed by atoms with Crippen molar-refractivity contribution in [2.24, 2.45) is 5.73 Å². The van der Waals surface area contributed by atoms with Gasteiger partial charge in [0.15, 0.2) is 0 Å². The monoisotopic (exact) mass is 329 g/mol. The van der Waals surface area contributed by atoms with Gasteiger partial charge < -0.3 is 10.8 Å². The molecule has 18 heavy (non-hydrogen) atoms. The molecule has 2 rings (SSSR count). The lowest BCUT2D eigenvalue weighted by molar-refractivity contribution is 0.150. The molecule has 3 N–H and O–H groups in total. The molecule has 0 aliphatic rings. The first-order chi connectivity index (χ1) is 8.63. The lowest BCUT2D eigenvalue weighted by Gasteiger charge is -2.21. The Balaban J connectivity index is 2.28. The van der Waals surface area contributed by atoms with Gasteiger partial charge in [-0.25, -0.2) is 4.39 Å². The summed E-state index contributed by atoms with van der Waals surface area (Å²) in [6.45, 7) is 0.303. The molecule has 0 radical (unpaired) electrons. The fourth-order valence-electron chi connectivity index (χ4n) is 1.86. The predicted octanol–water partition coefficient (Wildman–Crippen LogP) is 3.43. The molecule has 1 aromatic carbocycles. The van der Waals surface area contributed by atoms with Gasteiger partial charge in [0.25, 0.3) is 0 Å². The second-order valence-electron chi connectivity index (χ2n) is 3.97. The van der Waals surface area contributed by atoms with E-state index in [1.165, 1.54) is 23.5 Å². The van der Waals surface area contributed by atoms with E-state index in [4.69, 9.17) is 5.73 Å². The summed E-state index contributed by atoms with van der Waals surface area (Å²) >= 11 is 4.87. The van der Waals surface area contributed by atoms with Crippen LogP contribution < -0.4 is 5.73 Å². The highest BCUT2D eigenvalue weighted by atomic mass is 79.9. The van der Waals surface area contributed by atoms with Crippen molar-refractivity contribution in [3.8, 4) is 0 Å². The lowest BCUT2D eigenvalue weighted by Crippen LogP contribution is -2.19. The Morgan fingerprint density at radius 2 is 1.94 bits per heavy atom. The Labute approximate surface area is 117 Å². The number of benzene rings is 1. The van der Waals surface area contributed by atoms with Gasteiger partial charge >= 0.3 is 0 Å². The number of halogens is 2. The van der Waals surface area contributed by atoms with E-state index < -0.39 is 6.10 Å². The summed E-state index contributed by atoms with van der Waals surface area (Å²) in [4.78, 5) is 0.842. The van der Waals surface area contributed by atoms with Crippen LogP contribution in [0.15, 0.2) is 40.2 Å². The molecule has 0 bridgehead atoms. The molecule has 0 fully saturated rings. The maximum Gasteiger partial charge on any atom is 0.123 e. The zero-order chi connectivity index (χ0) is 13.1. The van der Waals surface area contributed by atoms with Crippen LogP contribution in [-0.4, -0.2) is 11.7 Å². The van der Waals surface area contributed by atoms with Crippen molar-refractivity contribution in [1.82, 2.24) is 0 Å². The fourth-order valence-corrected chi connectivity index (χ4v) is 3.51. The predicted molar refractivity (Wildman–Crippen MR) is 75.2 cm³/mol. The maximum atomic E-state index is 12.9. The average Bonchev–Trinajstić information content (AvgIpc) is 2.78. The first-order valence-electron chi connectivity index (χ1n) is 5.50. The minimum Gasteiger partial charge on any atom is -0.387 e. The van der Waals surface area contributed by atoms with Gasteiger partial charge in [-0.3, -0.25) is 0 Å². The van der Waals surface area contributed by atoms with Crippen molar-refractivity contribution in [3.05, 3.63) is 56.4 Å². The Hall–Kier alpha value is -0.750. The van der Waals surface area contributed by atoms with Gasteiger partial charge in [0, 0.05) is 21.8 Å². The van der Waals surface area contributed by atoms with E-state index in [0.29, 0.717) is 6.54 Å². The summed E-state index contributed by atoms with van der Waals surface area (Å²) in [5.41, 5.74) is 6.58. The van der Waals surface area contributed by atoms with Crippen LogP contribution in [0.2, 0.25) is 0 Å². The molecule has 0 spiro atoms. The zero-order valence-corrected chi connectivity index (χ0v) is 11.9. The molecule has 0 amide bonds. The lowest BCUT2D eigenvalue weighted by atomic mass is 9.92. The molecule has 1 heterocycles. The van der Waals surface area contributed by atoms with Gasteiger partial charge in [-0.2, -0.15) is 0 Å². The van der Waals surface area contributed by atoms with Gasteiger partial charge in [-0.05, 0) is 45.1 Å². The molecular formula is C13H13BrFNOS. The number of hydrogen-bond donors (Lipinski definition) is 2. The maximum absolute atomic E-state index is 12.9. The standard InChI is InChI=1S/C13H13BrFNOS/c14-11-5-6-18-13(11)12(17)10(7-16)8-1-3-9(15)4-2-8/h1-6,10,12,17H,7,16H2. The number of aliphatic hydroxyl groups excluding tert-OH is 1. The summed E-state index contributed by atoms with van der Waals surface area (Å²) in [5.74, 6) is -0.526. The first-order valence-corrected chi connectivity index (χ1v) is 7.17. The molecule has 96 valence electrons. The van der Waals surface area contributed by atoms with Crippen LogP contribution in [0.4, 0.5) is 4.39 Å². The normalized spacial score (nSPS) is 14.4. The van der Waals surface area contributed by atoms with E-state index in [1.54, 1.807) is 12.1 Å². The van der Waals surface area contributed by atoms with Crippen molar-refractivity contribution in [2.45, 2.75) is 12.0 Å². The van der Waals surface area contributed by atoms with E-state index in [0.717, 1.165) is 14.9 Å². The smallest absolute Gasteiger partial charge is 0.123 e. The van der Waals surface area contributed by atoms with Gasteiger partial charge in [0.05, 0.1) is 6.10 Å². The Kier molecular flexibility index (Phi) is 4.50. The van der Waals surface area contributed by atoms with Crippen LogP contribution in [0.25, 0.3) is 0 Å². The molecule has 0 saturated heterocycles. The highest BCUT2D eigenvalue weighted by molar-refractivity contribution is 9.10. The minimum absolute atomic E-state index is 0.236. The molecule has 0 aliphatic carbocycles. The van der Waals surface area contributed by atoms with Crippen molar-refractivity contribution in [1.29, 1.82) is 0 Å². The summed E-state index contributed by atoms with van der Waals surface area (Å²) in [5, 5.41) is 12.3. The molecule has 5 heteroatoms. The van der Waals surface area contributed by atoms with E-state index in [-0.39, 0.29) is 11.7 Å². The quantitative estimate of drug-likeness (QED) is 0.902. The Bertz CT molecular complexity index is 514. The summed E-state index contributed by atoms with van der Waals surface area (Å²) < 4.78 is 13.8. The molecule has 2 unspecified atom stereocenters. The molecule has 0 saturated carbocycles. The van der Waals surface area contributed by atoms with Crippen molar-refractivity contribution >= 4 is 27.3 Å². The molecule has 2 aromatic rings. The van der Waals surface area contributed by atoms with Crippen LogP contribution >= 0.6 is 27.3 Å². The Morgan fingerprint density at radius 3 is 2.44 bits per heavy atom. The van der Waals surface area contributed by atoms with E-state index >= 15 is 0 Å². The van der Waals surface area contributed by atoms with E-state index in [1.807, 2.05) is 11.4 Å². The third kappa shape index (κ3) is 2.80. The van der Waals surface area contributed by atoms with Gasteiger partial charge in [0.1, 0.15) is 5.82 Å². The van der Waals surface area contributed by atoms with Crippen molar-refractivity contribution < 1.29 is 9.50 Å². The van der Waals surface area contributed by atoms with Gasteiger partial charge in [-0.1, -0.05) is 12.1 Å². The van der Waals surface area contributed by atoms with Crippen molar-refractivity contribution in [3.63, 3.8) is 0 Å². The summed E-state index contributed by atoms with van der Waals surface area (Å²) in [6.07, 6.45) is -0.685. The highest BCUT2D eigenvalue weighted by Crippen LogP contribution is 2.37. The molecular weight excluding hydrogens is 317 g/mol. The Morgan fingerprint density at radius 1 is 1.28 bits per heavy atom.